The van der Waals surface area contributed by atoms with Crippen LogP contribution in [0, 0.1) is 5.82 Å². The van der Waals surface area contributed by atoms with Crippen molar-refractivity contribution in [3.05, 3.63) is 41.2 Å². The zero-order valence-corrected chi connectivity index (χ0v) is 8.87. The molecule has 2 nitrogen and oxygen atoms in total. The maximum atomic E-state index is 12.6. The first-order valence-corrected chi connectivity index (χ1v) is 4.82. The molecular formula is C12H14FNO. The van der Waals surface area contributed by atoms with Gasteiger partial charge < -0.3 is 5.21 Å². The summed E-state index contributed by atoms with van der Waals surface area (Å²) in [7, 11) is 0. The molecule has 0 saturated heterocycles. The highest BCUT2D eigenvalue weighted by Gasteiger charge is 1.99. The zero-order valence-electron chi connectivity index (χ0n) is 8.87. The van der Waals surface area contributed by atoms with Crippen LogP contribution in [0.25, 0.3) is 6.08 Å². The summed E-state index contributed by atoms with van der Waals surface area (Å²) in [6.07, 6.45) is 2.53. The second-order valence-electron chi connectivity index (χ2n) is 3.28. The van der Waals surface area contributed by atoms with E-state index < -0.39 is 0 Å². The predicted molar refractivity (Wildman–Crippen MR) is 59.6 cm³/mol. The number of hydrogen-bond acceptors (Lipinski definition) is 2. The second-order valence-corrected chi connectivity index (χ2v) is 3.28. The SMILES string of the molecule is CCC(=N\O)/C(C)=C\c1ccc(F)cc1. The van der Waals surface area contributed by atoms with Gasteiger partial charge >= 0.3 is 0 Å². The number of rotatable bonds is 3. The van der Waals surface area contributed by atoms with Crippen LogP contribution in [0.5, 0.6) is 0 Å². The summed E-state index contributed by atoms with van der Waals surface area (Å²) in [4.78, 5) is 0. The summed E-state index contributed by atoms with van der Waals surface area (Å²) >= 11 is 0. The first-order valence-electron chi connectivity index (χ1n) is 4.82. The van der Waals surface area contributed by atoms with E-state index in [-0.39, 0.29) is 5.82 Å². The van der Waals surface area contributed by atoms with Crippen LogP contribution in [-0.4, -0.2) is 10.9 Å². The molecule has 15 heavy (non-hydrogen) atoms. The maximum Gasteiger partial charge on any atom is 0.123 e. The van der Waals surface area contributed by atoms with Crippen LogP contribution >= 0.6 is 0 Å². The van der Waals surface area contributed by atoms with E-state index in [0.29, 0.717) is 12.1 Å². The van der Waals surface area contributed by atoms with E-state index in [1.165, 1.54) is 12.1 Å². The molecule has 1 N–H and O–H groups in total. The van der Waals surface area contributed by atoms with Gasteiger partial charge in [-0.2, -0.15) is 0 Å². The number of nitrogens with zero attached hydrogens (tertiary/aromatic N) is 1. The molecule has 0 radical (unpaired) electrons. The second kappa shape index (κ2) is 5.29. The van der Waals surface area contributed by atoms with Crippen LogP contribution in [0.2, 0.25) is 0 Å². The smallest absolute Gasteiger partial charge is 0.123 e. The summed E-state index contributed by atoms with van der Waals surface area (Å²) in [6, 6.07) is 6.18. The van der Waals surface area contributed by atoms with Gasteiger partial charge in [-0.1, -0.05) is 30.3 Å². The highest BCUT2D eigenvalue weighted by Crippen LogP contribution is 2.10. The number of halogens is 1. The first kappa shape index (κ1) is 11.4. The van der Waals surface area contributed by atoms with Crippen LogP contribution in [-0.2, 0) is 0 Å². The van der Waals surface area contributed by atoms with Crippen molar-refractivity contribution >= 4 is 11.8 Å². The number of hydrogen-bond donors (Lipinski definition) is 1. The van der Waals surface area contributed by atoms with Crippen molar-refractivity contribution in [1.29, 1.82) is 0 Å². The Hall–Kier alpha value is -1.64. The summed E-state index contributed by atoms with van der Waals surface area (Å²) in [5, 5.41) is 11.9. The fourth-order valence-corrected chi connectivity index (χ4v) is 1.32. The summed E-state index contributed by atoms with van der Waals surface area (Å²) in [5.74, 6) is -0.253. The van der Waals surface area contributed by atoms with Gasteiger partial charge in [0, 0.05) is 0 Å². The van der Waals surface area contributed by atoms with Crippen LogP contribution in [0.4, 0.5) is 4.39 Å². The molecule has 0 bridgehead atoms. The van der Waals surface area contributed by atoms with Crippen molar-refractivity contribution in [3.63, 3.8) is 0 Å². The van der Waals surface area contributed by atoms with Crippen molar-refractivity contribution in [2.75, 3.05) is 0 Å². The van der Waals surface area contributed by atoms with Crippen LogP contribution in [0.3, 0.4) is 0 Å². The van der Waals surface area contributed by atoms with E-state index >= 15 is 0 Å². The average Bonchev–Trinajstić information content (AvgIpc) is 2.23. The minimum atomic E-state index is -0.253. The van der Waals surface area contributed by atoms with Crippen LogP contribution < -0.4 is 0 Å². The predicted octanol–water partition coefficient (Wildman–Crippen LogP) is 3.47. The molecule has 0 amide bonds. The van der Waals surface area contributed by atoms with Gasteiger partial charge in [0.25, 0.3) is 0 Å². The molecule has 0 saturated carbocycles. The molecule has 0 aliphatic heterocycles. The molecule has 0 unspecified atom stereocenters. The van der Waals surface area contributed by atoms with E-state index in [0.717, 1.165) is 11.1 Å². The summed E-state index contributed by atoms with van der Waals surface area (Å²) in [5.41, 5.74) is 2.41. The Morgan fingerprint density at radius 2 is 2.00 bits per heavy atom. The lowest BCUT2D eigenvalue weighted by Gasteiger charge is -2.01. The number of oxime groups is 1. The fourth-order valence-electron chi connectivity index (χ4n) is 1.32. The van der Waals surface area contributed by atoms with Gasteiger partial charge in [0.05, 0.1) is 5.71 Å². The molecule has 0 aromatic heterocycles. The first-order chi connectivity index (χ1) is 7.17. The molecule has 0 aliphatic carbocycles. The Morgan fingerprint density at radius 3 is 2.47 bits per heavy atom. The third kappa shape index (κ3) is 3.20. The molecule has 1 rings (SSSR count). The molecule has 0 aliphatic rings. The molecule has 1 aromatic rings. The van der Waals surface area contributed by atoms with Crippen LogP contribution in [0.15, 0.2) is 35.0 Å². The lowest BCUT2D eigenvalue weighted by molar-refractivity contribution is 0.318. The van der Waals surface area contributed by atoms with Crippen molar-refractivity contribution in [2.24, 2.45) is 5.16 Å². The molecular weight excluding hydrogens is 193 g/mol. The average molecular weight is 207 g/mol. The highest BCUT2D eigenvalue weighted by atomic mass is 19.1. The van der Waals surface area contributed by atoms with E-state index in [4.69, 9.17) is 5.21 Å². The molecule has 0 heterocycles. The molecule has 0 fully saturated rings. The zero-order chi connectivity index (χ0) is 11.3. The monoisotopic (exact) mass is 207 g/mol. The van der Waals surface area contributed by atoms with Crippen molar-refractivity contribution in [2.45, 2.75) is 20.3 Å². The molecule has 0 spiro atoms. The Kier molecular flexibility index (Phi) is 4.03. The lowest BCUT2D eigenvalue weighted by atomic mass is 10.1. The Morgan fingerprint density at radius 1 is 1.40 bits per heavy atom. The van der Waals surface area contributed by atoms with Gasteiger partial charge in [-0.3, -0.25) is 0 Å². The molecule has 0 atom stereocenters. The number of allylic oxidation sites excluding steroid dienone is 1. The summed E-state index contributed by atoms with van der Waals surface area (Å²) < 4.78 is 12.6. The molecule has 80 valence electrons. The quantitative estimate of drug-likeness (QED) is 0.459. The third-order valence-electron chi connectivity index (χ3n) is 2.16. The van der Waals surface area contributed by atoms with Gasteiger partial charge in [0.1, 0.15) is 5.82 Å². The highest BCUT2D eigenvalue weighted by molar-refractivity contribution is 6.02. The molecule has 1 aromatic carbocycles. The van der Waals surface area contributed by atoms with Gasteiger partial charge in [-0.25, -0.2) is 4.39 Å². The number of benzene rings is 1. The van der Waals surface area contributed by atoms with Crippen molar-refractivity contribution in [1.82, 2.24) is 0 Å². The van der Waals surface area contributed by atoms with Crippen molar-refractivity contribution in [3.8, 4) is 0 Å². The van der Waals surface area contributed by atoms with Gasteiger partial charge in [0.15, 0.2) is 0 Å². The van der Waals surface area contributed by atoms with Gasteiger partial charge in [0.2, 0.25) is 0 Å². The normalized spacial score (nSPS) is 13.0. The Balaban J connectivity index is 2.92. The van der Waals surface area contributed by atoms with Crippen molar-refractivity contribution < 1.29 is 9.60 Å². The van der Waals surface area contributed by atoms with Gasteiger partial charge in [-0.15, -0.1) is 0 Å². The third-order valence-corrected chi connectivity index (χ3v) is 2.16. The standard InChI is InChI=1S/C12H14FNO/c1-3-12(14-15)9(2)8-10-4-6-11(13)7-5-10/h4-8,15H,3H2,1-2H3/b9-8-,14-12+. The largest absolute Gasteiger partial charge is 0.411 e. The van der Waals surface area contributed by atoms with E-state index in [9.17, 15) is 4.39 Å². The van der Waals surface area contributed by atoms with Crippen LogP contribution in [0.1, 0.15) is 25.8 Å². The lowest BCUT2D eigenvalue weighted by Crippen LogP contribution is -1.97. The maximum absolute atomic E-state index is 12.6. The minimum absolute atomic E-state index is 0.253. The van der Waals surface area contributed by atoms with E-state index in [1.807, 2.05) is 19.9 Å². The fraction of sp³-hybridized carbons (Fsp3) is 0.250. The van der Waals surface area contributed by atoms with E-state index in [2.05, 4.69) is 5.16 Å². The van der Waals surface area contributed by atoms with Gasteiger partial charge in [-0.05, 0) is 36.6 Å². The summed E-state index contributed by atoms with van der Waals surface area (Å²) in [6.45, 7) is 3.78. The molecule has 3 heteroatoms. The Labute approximate surface area is 88.7 Å². The topological polar surface area (TPSA) is 32.6 Å². The van der Waals surface area contributed by atoms with E-state index in [1.54, 1.807) is 12.1 Å². The minimum Gasteiger partial charge on any atom is -0.411 e. The Bertz CT molecular complexity index is 379.